The monoisotopic (exact) mass is 332 g/mol. The molecule has 0 heterocycles. The molecule has 1 N–H and O–H groups in total. The zero-order chi connectivity index (χ0) is 17.0. The number of halogens is 4. The molecule has 2 aliphatic carbocycles. The molecule has 0 unspecified atom stereocenters. The van der Waals surface area contributed by atoms with E-state index in [1.807, 2.05) is 0 Å². The summed E-state index contributed by atoms with van der Waals surface area (Å²) in [5.74, 6) is -8.10. The first kappa shape index (κ1) is 16.1. The highest BCUT2D eigenvalue weighted by molar-refractivity contribution is 5.72. The maximum Gasteiger partial charge on any atom is 0.307 e. The third-order valence-electron chi connectivity index (χ3n) is 5.06. The molecule has 3 nitrogen and oxygen atoms in total. The second-order valence-corrected chi connectivity index (χ2v) is 6.65. The number of rotatable bonds is 3. The number of carboxylic acid groups (broad SMARTS) is 1. The summed E-state index contributed by atoms with van der Waals surface area (Å²) in [7, 11) is 1.17. The van der Waals surface area contributed by atoms with Gasteiger partial charge in [0, 0.05) is 24.3 Å². The van der Waals surface area contributed by atoms with Crippen LogP contribution in [0.5, 0.6) is 5.75 Å². The number of ether oxygens (including phenoxy) is 1. The number of hydrogen-bond acceptors (Lipinski definition) is 2. The van der Waals surface area contributed by atoms with Gasteiger partial charge in [-0.2, -0.15) is 4.39 Å². The maximum absolute atomic E-state index is 13.9. The number of hydrogen-bond donors (Lipinski definition) is 1. The van der Waals surface area contributed by atoms with E-state index in [0.29, 0.717) is 0 Å². The van der Waals surface area contributed by atoms with E-state index in [1.165, 1.54) is 13.2 Å². The van der Waals surface area contributed by atoms with Gasteiger partial charge in [0.05, 0.1) is 13.0 Å². The molecule has 1 aromatic rings. The maximum atomic E-state index is 13.9. The van der Waals surface area contributed by atoms with Crippen molar-refractivity contribution in [2.24, 2.45) is 11.3 Å². The Hall–Kier alpha value is -1.79. The van der Waals surface area contributed by atoms with E-state index in [2.05, 4.69) is 0 Å². The van der Waals surface area contributed by atoms with Crippen LogP contribution in [0.2, 0.25) is 0 Å². The topological polar surface area (TPSA) is 46.5 Å². The van der Waals surface area contributed by atoms with Crippen molar-refractivity contribution in [3.63, 3.8) is 0 Å². The molecular formula is C16H16F4O3. The quantitative estimate of drug-likeness (QED) is 0.852. The minimum atomic E-state index is -2.77. The molecule has 3 rings (SSSR count). The third kappa shape index (κ3) is 2.56. The SMILES string of the molecule is COc1c([C@@H]2CC3(C[C@H]2C(=O)O)CC(F)(F)C3)ccc(F)c1F. The second-order valence-electron chi connectivity index (χ2n) is 6.65. The first-order chi connectivity index (χ1) is 10.7. The Labute approximate surface area is 130 Å². The lowest BCUT2D eigenvalue weighted by atomic mass is 9.64. The molecule has 0 radical (unpaired) electrons. The van der Waals surface area contributed by atoms with Crippen LogP contribution in [0.25, 0.3) is 0 Å². The van der Waals surface area contributed by atoms with E-state index in [4.69, 9.17) is 4.74 Å². The summed E-state index contributed by atoms with van der Waals surface area (Å²) < 4.78 is 58.7. The molecule has 126 valence electrons. The van der Waals surface area contributed by atoms with Crippen molar-refractivity contribution in [1.29, 1.82) is 0 Å². The lowest BCUT2D eigenvalue weighted by Crippen LogP contribution is -2.44. The van der Waals surface area contributed by atoms with Gasteiger partial charge in [0.15, 0.2) is 11.6 Å². The summed E-state index contributed by atoms with van der Waals surface area (Å²) in [5.41, 5.74) is -0.515. The molecule has 2 saturated carbocycles. The summed E-state index contributed by atoms with van der Waals surface area (Å²) in [6.07, 6.45) is -0.385. The van der Waals surface area contributed by atoms with E-state index in [0.717, 1.165) is 6.07 Å². The Morgan fingerprint density at radius 2 is 1.91 bits per heavy atom. The van der Waals surface area contributed by atoms with Crippen LogP contribution in [0, 0.1) is 23.0 Å². The van der Waals surface area contributed by atoms with Crippen LogP contribution in [0.4, 0.5) is 17.6 Å². The van der Waals surface area contributed by atoms with E-state index in [-0.39, 0.29) is 37.0 Å². The zero-order valence-electron chi connectivity index (χ0n) is 12.4. The average molecular weight is 332 g/mol. The van der Waals surface area contributed by atoms with E-state index >= 15 is 0 Å². The van der Waals surface area contributed by atoms with Gasteiger partial charge in [-0.15, -0.1) is 0 Å². The lowest BCUT2D eigenvalue weighted by molar-refractivity contribution is -0.162. The van der Waals surface area contributed by atoms with Crippen molar-refractivity contribution < 1.29 is 32.2 Å². The van der Waals surface area contributed by atoms with Gasteiger partial charge in [-0.1, -0.05) is 6.07 Å². The highest BCUT2D eigenvalue weighted by Crippen LogP contribution is 2.65. The van der Waals surface area contributed by atoms with Crippen molar-refractivity contribution in [2.45, 2.75) is 37.5 Å². The molecule has 0 aliphatic heterocycles. The summed E-state index contributed by atoms with van der Waals surface area (Å²) in [4.78, 5) is 11.5. The van der Waals surface area contributed by atoms with E-state index < -0.39 is 40.8 Å². The van der Waals surface area contributed by atoms with Crippen molar-refractivity contribution in [3.8, 4) is 5.75 Å². The molecule has 2 aliphatic rings. The van der Waals surface area contributed by atoms with Crippen molar-refractivity contribution in [3.05, 3.63) is 29.3 Å². The predicted octanol–water partition coefficient (Wildman–Crippen LogP) is 3.97. The summed E-state index contributed by atoms with van der Waals surface area (Å²) in [6, 6.07) is 2.19. The first-order valence-electron chi connectivity index (χ1n) is 7.31. The number of methoxy groups -OCH3 is 1. The van der Waals surface area contributed by atoms with Crippen LogP contribution in [0.3, 0.4) is 0 Å². The molecule has 1 spiro atoms. The molecule has 0 amide bonds. The Balaban J connectivity index is 1.98. The smallest absolute Gasteiger partial charge is 0.307 e. The van der Waals surface area contributed by atoms with Crippen LogP contribution < -0.4 is 4.74 Å². The largest absolute Gasteiger partial charge is 0.493 e. The average Bonchev–Trinajstić information content (AvgIpc) is 2.80. The van der Waals surface area contributed by atoms with Gasteiger partial charge >= 0.3 is 5.97 Å². The van der Waals surface area contributed by atoms with Crippen LogP contribution in [0.1, 0.15) is 37.2 Å². The predicted molar refractivity (Wildman–Crippen MR) is 72.6 cm³/mol. The van der Waals surface area contributed by atoms with Gasteiger partial charge < -0.3 is 9.84 Å². The Bertz CT molecular complexity index is 651. The number of carbonyl (C=O) groups is 1. The highest BCUT2D eigenvalue weighted by Gasteiger charge is 2.62. The van der Waals surface area contributed by atoms with Crippen LogP contribution >= 0.6 is 0 Å². The molecule has 7 heteroatoms. The number of alkyl halides is 2. The summed E-state index contributed by atoms with van der Waals surface area (Å²) >= 11 is 0. The van der Waals surface area contributed by atoms with Gasteiger partial charge in [0.25, 0.3) is 0 Å². The van der Waals surface area contributed by atoms with Gasteiger partial charge in [-0.05, 0) is 24.3 Å². The first-order valence-corrected chi connectivity index (χ1v) is 7.31. The Morgan fingerprint density at radius 3 is 2.43 bits per heavy atom. The molecule has 0 aromatic heterocycles. The fourth-order valence-corrected chi connectivity index (χ4v) is 4.27. The zero-order valence-corrected chi connectivity index (χ0v) is 12.4. The molecule has 23 heavy (non-hydrogen) atoms. The number of carboxylic acids is 1. The minimum Gasteiger partial charge on any atom is -0.493 e. The Morgan fingerprint density at radius 1 is 1.26 bits per heavy atom. The van der Waals surface area contributed by atoms with Gasteiger partial charge in [0.2, 0.25) is 11.7 Å². The molecular weight excluding hydrogens is 316 g/mol. The molecule has 2 fully saturated rings. The van der Waals surface area contributed by atoms with Gasteiger partial charge in [0.1, 0.15) is 0 Å². The third-order valence-corrected chi connectivity index (χ3v) is 5.06. The highest BCUT2D eigenvalue weighted by atomic mass is 19.3. The Kier molecular flexibility index (Phi) is 3.57. The van der Waals surface area contributed by atoms with Gasteiger partial charge in [-0.25, -0.2) is 13.2 Å². The van der Waals surface area contributed by atoms with Crippen molar-refractivity contribution >= 4 is 5.97 Å². The summed E-state index contributed by atoms with van der Waals surface area (Å²) in [6.45, 7) is 0. The fraction of sp³-hybridized carbons (Fsp3) is 0.562. The number of aliphatic carboxylic acids is 1. The standard InChI is InChI=1S/C16H16F4O3/c1-23-13-8(2-3-11(17)12(13)18)9-4-15(5-10(9)14(21)22)6-16(19,20)7-15/h2-3,9-10H,4-7H2,1H3,(H,21,22)/t9-,10+/m0/s1. The molecule has 0 saturated heterocycles. The van der Waals surface area contributed by atoms with Crippen LogP contribution in [0.15, 0.2) is 12.1 Å². The number of benzene rings is 1. The fourth-order valence-electron chi connectivity index (χ4n) is 4.27. The van der Waals surface area contributed by atoms with Crippen molar-refractivity contribution in [1.82, 2.24) is 0 Å². The van der Waals surface area contributed by atoms with E-state index in [9.17, 15) is 27.5 Å². The van der Waals surface area contributed by atoms with E-state index in [1.54, 1.807) is 0 Å². The molecule has 1 aromatic carbocycles. The van der Waals surface area contributed by atoms with Gasteiger partial charge in [-0.3, -0.25) is 4.79 Å². The summed E-state index contributed by atoms with van der Waals surface area (Å²) in [5, 5.41) is 9.42. The normalized spacial score (nSPS) is 27.7. The van der Waals surface area contributed by atoms with Crippen LogP contribution in [-0.2, 0) is 4.79 Å². The minimum absolute atomic E-state index is 0.116. The molecule has 2 atom stereocenters. The second kappa shape index (κ2) is 5.11. The van der Waals surface area contributed by atoms with Crippen molar-refractivity contribution in [2.75, 3.05) is 7.11 Å². The lowest BCUT2D eigenvalue weighted by Gasteiger charge is -2.45. The van der Waals surface area contributed by atoms with Crippen LogP contribution in [-0.4, -0.2) is 24.1 Å². The molecule has 0 bridgehead atoms.